The summed E-state index contributed by atoms with van der Waals surface area (Å²) in [6.45, 7) is 0.999. The van der Waals surface area contributed by atoms with E-state index in [0.717, 1.165) is 6.42 Å². The summed E-state index contributed by atoms with van der Waals surface area (Å²) in [5, 5.41) is 14.9. The lowest BCUT2D eigenvalue weighted by Crippen LogP contribution is -2.50. The van der Waals surface area contributed by atoms with E-state index in [1.54, 1.807) is 4.68 Å². The van der Waals surface area contributed by atoms with Crippen LogP contribution in [0.25, 0.3) is 0 Å². The summed E-state index contributed by atoms with van der Waals surface area (Å²) in [5.41, 5.74) is 2.35. The van der Waals surface area contributed by atoms with Crippen molar-refractivity contribution in [3.05, 3.63) is 6.33 Å². The van der Waals surface area contributed by atoms with Crippen LogP contribution in [0.5, 0.6) is 0 Å². The van der Waals surface area contributed by atoms with Gasteiger partial charge < -0.3 is 10.2 Å². The molecule has 3 saturated heterocycles. The molecule has 0 spiro atoms. The van der Waals surface area contributed by atoms with Gasteiger partial charge in [-0.25, -0.2) is 15.0 Å². The highest BCUT2D eigenvalue weighted by atomic mass is 32.3. The molecule has 16 heteroatoms. The van der Waals surface area contributed by atoms with E-state index < -0.39 is 34.4 Å². The zero-order valence-corrected chi connectivity index (χ0v) is 15.9. The number of aromatic nitrogens is 4. The Morgan fingerprint density at radius 3 is 2.93 bits per heavy atom. The van der Waals surface area contributed by atoms with Crippen molar-refractivity contribution in [1.82, 2.24) is 41.0 Å². The van der Waals surface area contributed by atoms with Gasteiger partial charge in [-0.2, -0.15) is 13.5 Å². The maximum Gasteiger partial charge on any atom is 0.418 e. The van der Waals surface area contributed by atoms with E-state index in [2.05, 4.69) is 30.6 Å². The topological polar surface area (TPSA) is 181 Å². The van der Waals surface area contributed by atoms with Crippen LogP contribution in [0.3, 0.4) is 0 Å². The van der Waals surface area contributed by atoms with Crippen molar-refractivity contribution < 1.29 is 31.7 Å². The Balaban J connectivity index is 1.25. The molecule has 3 fully saturated rings. The molecule has 3 aliphatic heterocycles. The fourth-order valence-corrected chi connectivity index (χ4v) is 4.24. The number of hydrogen-bond acceptors (Lipinski definition) is 10. The average Bonchev–Trinajstić information content (AvgIpc) is 3.39. The van der Waals surface area contributed by atoms with E-state index in [1.165, 1.54) is 11.2 Å². The second kappa shape index (κ2) is 7.79. The molecule has 0 unspecified atom stereocenters. The minimum absolute atomic E-state index is 0.00712. The number of nitrogens with zero attached hydrogens (tertiary/aromatic N) is 6. The number of urea groups is 1. The Bertz CT molecular complexity index is 865. The third-order valence-electron chi connectivity index (χ3n) is 5.20. The number of fused-ring (bicyclic) bond motifs is 2. The summed E-state index contributed by atoms with van der Waals surface area (Å²) < 4.78 is 36.6. The minimum atomic E-state index is -4.83. The van der Waals surface area contributed by atoms with Crippen molar-refractivity contribution in [2.24, 2.45) is 0 Å². The van der Waals surface area contributed by atoms with Crippen molar-refractivity contribution in [2.45, 2.75) is 43.4 Å². The maximum absolute atomic E-state index is 12.4. The van der Waals surface area contributed by atoms with Crippen LogP contribution < -0.4 is 10.8 Å². The molecule has 29 heavy (non-hydrogen) atoms. The van der Waals surface area contributed by atoms with Crippen molar-refractivity contribution in [2.75, 3.05) is 19.7 Å². The molecule has 2 bridgehead atoms. The van der Waals surface area contributed by atoms with E-state index in [9.17, 15) is 18.0 Å². The monoisotopic (exact) mass is 432 g/mol. The Morgan fingerprint density at radius 2 is 2.21 bits per heavy atom. The van der Waals surface area contributed by atoms with Gasteiger partial charge in [0, 0.05) is 19.1 Å². The Kier molecular flexibility index (Phi) is 5.34. The van der Waals surface area contributed by atoms with Gasteiger partial charge in [0.2, 0.25) is 0 Å². The highest BCUT2D eigenvalue weighted by Crippen LogP contribution is 2.30. The maximum atomic E-state index is 12.4. The SMILES string of the molecule is O=C(NOC[C@H]1C[C@H](n2cnnn2)CN1)[C@@H]1CC[C@@H]2CN1C(=O)N2OS(=O)(=O)O. The molecule has 4 heterocycles. The second-order valence-electron chi connectivity index (χ2n) is 7.07. The van der Waals surface area contributed by atoms with Crippen molar-refractivity contribution in [3.63, 3.8) is 0 Å². The van der Waals surface area contributed by atoms with Gasteiger partial charge in [-0.3, -0.25) is 14.2 Å². The number of hydroxylamine groups is 3. The molecule has 0 radical (unpaired) electrons. The first-order valence-electron chi connectivity index (χ1n) is 8.96. The van der Waals surface area contributed by atoms with Gasteiger partial charge in [-0.1, -0.05) is 0 Å². The number of rotatable bonds is 7. The first-order valence-corrected chi connectivity index (χ1v) is 10.3. The molecule has 3 N–H and O–H groups in total. The number of nitrogens with one attached hydrogen (secondary N) is 2. The molecule has 3 aliphatic rings. The van der Waals surface area contributed by atoms with Gasteiger partial charge in [0.15, 0.2) is 0 Å². The highest BCUT2D eigenvalue weighted by Gasteiger charge is 2.49. The highest BCUT2D eigenvalue weighted by molar-refractivity contribution is 7.80. The summed E-state index contributed by atoms with van der Waals surface area (Å²) in [6, 6.07) is -2.08. The number of tetrazole rings is 1. The molecule has 15 nitrogen and oxygen atoms in total. The van der Waals surface area contributed by atoms with E-state index in [-0.39, 0.29) is 25.2 Å². The molecule has 0 aromatic carbocycles. The first kappa shape index (κ1) is 19.9. The summed E-state index contributed by atoms with van der Waals surface area (Å²) in [6.07, 6.45) is 2.90. The smallest absolute Gasteiger partial charge is 0.309 e. The first-order chi connectivity index (χ1) is 13.8. The Labute approximate surface area is 165 Å². The van der Waals surface area contributed by atoms with Gasteiger partial charge in [0.1, 0.15) is 12.4 Å². The van der Waals surface area contributed by atoms with Gasteiger partial charge >= 0.3 is 16.4 Å². The summed E-state index contributed by atoms with van der Waals surface area (Å²) in [5.74, 6) is -0.513. The zero-order valence-electron chi connectivity index (χ0n) is 15.1. The standard InChI is InChI=1S/C13H20N8O7S/c22-12(16-27-6-8-3-10(4-14-8)20-7-15-17-18-20)11-2-1-9-5-19(11)13(23)21(9)28-29(24,25)26/h7-11,14H,1-6H2,(H,16,22)(H,24,25,26)/t8-,9-,10+,11+/m1/s1. The lowest BCUT2D eigenvalue weighted by Gasteiger charge is -2.29. The number of carbonyl (C=O) groups is 2. The van der Waals surface area contributed by atoms with Crippen molar-refractivity contribution in [3.8, 4) is 0 Å². The van der Waals surface area contributed by atoms with Crippen LogP contribution in [0.2, 0.25) is 0 Å². The Hall–Kier alpha value is -2.40. The van der Waals surface area contributed by atoms with Crippen LogP contribution in [-0.2, 0) is 24.3 Å². The van der Waals surface area contributed by atoms with E-state index in [1.807, 2.05) is 0 Å². The van der Waals surface area contributed by atoms with E-state index in [0.29, 0.717) is 24.4 Å². The van der Waals surface area contributed by atoms with Gasteiger partial charge in [-0.05, 0) is 29.7 Å². The summed E-state index contributed by atoms with van der Waals surface area (Å²) in [4.78, 5) is 31.3. The lowest BCUT2D eigenvalue weighted by atomic mass is 10.0. The van der Waals surface area contributed by atoms with Crippen molar-refractivity contribution >= 4 is 22.3 Å². The third kappa shape index (κ3) is 4.30. The van der Waals surface area contributed by atoms with Crippen LogP contribution in [0.1, 0.15) is 25.3 Å². The van der Waals surface area contributed by atoms with Crippen LogP contribution in [0, 0.1) is 0 Å². The number of carbonyl (C=O) groups excluding carboxylic acids is 2. The molecule has 4 atom stereocenters. The Morgan fingerprint density at radius 1 is 1.38 bits per heavy atom. The van der Waals surface area contributed by atoms with Crippen LogP contribution in [0.4, 0.5) is 4.79 Å². The molecule has 4 rings (SSSR count). The minimum Gasteiger partial charge on any atom is -0.309 e. The molecule has 1 aromatic heterocycles. The van der Waals surface area contributed by atoms with E-state index in [4.69, 9.17) is 9.39 Å². The zero-order chi connectivity index (χ0) is 20.6. The molecule has 0 aliphatic carbocycles. The number of piperidine rings is 1. The van der Waals surface area contributed by atoms with Gasteiger partial charge in [0.25, 0.3) is 5.91 Å². The largest absolute Gasteiger partial charge is 0.418 e. The molecule has 3 amide bonds. The quantitative estimate of drug-likeness (QED) is 0.309. The summed E-state index contributed by atoms with van der Waals surface area (Å²) >= 11 is 0. The normalized spacial score (nSPS) is 29.5. The van der Waals surface area contributed by atoms with Gasteiger partial charge in [0.05, 0.1) is 18.7 Å². The fourth-order valence-electron chi connectivity index (χ4n) is 3.85. The summed E-state index contributed by atoms with van der Waals surface area (Å²) in [7, 11) is -4.83. The number of hydrogen-bond donors (Lipinski definition) is 3. The molecular formula is C13H20N8O7S. The molecule has 1 aromatic rings. The predicted octanol–water partition coefficient (Wildman–Crippen LogP) is -2.37. The van der Waals surface area contributed by atoms with Crippen LogP contribution >= 0.6 is 0 Å². The fraction of sp³-hybridized carbons (Fsp3) is 0.769. The van der Waals surface area contributed by atoms with Crippen LogP contribution in [0.15, 0.2) is 6.33 Å². The van der Waals surface area contributed by atoms with Crippen LogP contribution in [-0.4, -0.2) is 92.9 Å². The third-order valence-corrected chi connectivity index (χ3v) is 5.54. The van der Waals surface area contributed by atoms with Crippen molar-refractivity contribution in [1.29, 1.82) is 0 Å². The number of amides is 3. The second-order valence-corrected chi connectivity index (χ2v) is 8.08. The molecule has 0 saturated carbocycles. The molecular weight excluding hydrogens is 412 g/mol. The van der Waals surface area contributed by atoms with Gasteiger partial charge in [-0.15, -0.1) is 9.38 Å². The predicted molar refractivity (Wildman–Crippen MR) is 90.7 cm³/mol. The van der Waals surface area contributed by atoms with E-state index >= 15 is 0 Å². The molecule has 160 valence electrons. The average molecular weight is 432 g/mol. The lowest BCUT2D eigenvalue weighted by molar-refractivity contribution is -0.139.